The fourth-order valence-corrected chi connectivity index (χ4v) is 1.41. The summed E-state index contributed by atoms with van der Waals surface area (Å²) in [6, 6.07) is 4.12. The quantitative estimate of drug-likeness (QED) is 0.815. The first-order chi connectivity index (χ1) is 9.90. The Morgan fingerprint density at radius 2 is 1.76 bits per heavy atom. The van der Waals surface area contributed by atoms with Crippen molar-refractivity contribution in [2.45, 2.75) is 6.18 Å². The van der Waals surface area contributed by atoms with Gasteiger partial charge in [0, 0.05) is 0 Å². The van der Waals surface area contributed by atoms with Crippen molar-refractivity contribution in [3.8, 4) is 11.6 Å². The number of aromatic nitrogens is 2. The molecule has 2 aromatic rings. The van der Waals surface area contributed by atoms with E-state index in [-0.39, 0.29) is 17.3 Å². The van der Waals surface area contributed by atoms with Gasteiger partial charge < -0.3 is 9.47 Å². The molecule has 5 nitrogen and oxygen atoms in total. The lowest BCUT2D eigenvalue weighted by Crippen LogP contribution is -2.05. The van der Waals surface area contributed by atoms with E-state index in [2.05, 4.69) is 14.7 Å². The normalized spacial score (nSPS) is 11.0. The van der Waals surface area contributed by atoms with E-state index in [0.717, 1.165) is 18.3 Å². The number of halogens is 3. The molecular formula is C13H9F3N2O3. The molecule has 1 aromatic heterocycles. The number of carbonyl (C=O) groups excluding carboxylic acids is 1. The van der Waals surface area contributed by atoms with Crippen molar-refractivity contribution in [2.24, 2.45) is 0 Å². The predicted octanol–water partition coefficient (Wildman–Crippen LogP) is 3.07. The zero-order chi connectivity index (χ0) is 15.5. The first-order valence-electron chi connectivity index (χ1n) is 5.65. The second kappa shape index (κ2) is 5.78. The summed E-state index contributed by atoms with van der Waals surface area (Å²) in [5.74, 6) is -0.436. The number of nitrogens with zero attached hydrogens (tertiary/aromatic N) is 2. The molecule has 0 aliphatic heterocycles. The Balaban J connectivity index is 2.10. The van der Waals surface area contributed by atoms with Crippen LogP contribution in [0.25, 0.3) is 0 Å². The van der Waals surface area contributed by atoms with Crippen LogP contribution in [0, 0.1) is 0 Å². The molecule has 0 N–H and O–H groups in total. The lowest BCUT2D eigenvalue weighted by Gasteiger charge is -2.08. The molecule has 0 saturated carbocycles. The summed E-state index contributed by atoms with van der Waals surface area (Å²) in [7, 11) is 1.20. The second-order valence-corrected chi connectivity index (χ2v) is 3.86. The molecule has 0 unspecified atom stereocenters. The van der Waals surface area contributed by atoms with Crippen LogP contribution in [0.4, 0.5) is 13.2 Å². The van der Waals surface area contributed by atoms with E-state index in [1.807, 2.05) is 0 Å². The lowest BCUT2D eigenvalue weighted by molar-refractivity contribution is -0.137. The van der Waals surface area contributed by atoms with Gasteiger partial charge in [-0.1, -0.05) is 0 Å². The fraction of sp³-hybridized carbons (Fsp3) is 0.154. The zero-order valence-corrected chi connectivity index (χ0v) is 10.7. The molecule has 0 fully saturated rings. The Labute approximate surface area is 117 Å². The van der Waals surface area contributed by atoms with Crippen molar-refractivity contribution in [1.82, 2.24) is 9.97 Å². The molecule has 8 heteroatoms. The van der Waals surface area contributed by atoms with E-state index in [9.17, 15) is 18.0 Å². The molecule has 0 amide bonds. The molecule has 0 aliphatic carbocycles. The molecule has 110 valence electrons. The van der Waals surface area contributed by atoms with E-state index >= 15 is 0 Å². The SMILES string of the molecule is COC(=O)c1cnc(Oc2ccc(C(F)(F)F)cc2)cn1. The molecule has 0 spiro atoms. The molecular weight excluding hydrogens is 289 g/mol. The zero-order valence-electron chi connectivity index (χ0n) is 10.7. The van der Waals surface area contributed by atoms with Gasteiger partial charge in [0.25, 0.3) is 0 Å². The summed E-state index contributed by atoms with van der Waals surface area (Å²) in [5.41, 5.74) is -0.778. The van der Waals surface area contributed by atoms with Crippen LogP contribution < -0.4 is 4.74 Å². The monoisotopic (exact) mass is 298 g/mol. The highest BCUT2D eigenvalue weighted by molar-refractivity contribution is 5.86. The van der Waals surface area contributed by atoms with Crippen LogP contribution in [0.1, 0.15) is 16.1 Å². The van der Waals surface area contributed by atoms with Crippen LogP contribution in [-0.4, -0.2) is 23.0 Å². The van der Waals surface area contributed by atoms with Gasteiger partial charge in [0.1, 0.15) is 5.75 Å². The third kappa shape index (κ3) is 3.68. The van der Waals surface area contributed by atoms with Gasteiger partial charge in [-0.15, -0.1) is 0 Å². The topological polar surface area (TPSA) is 61.3 Å². The lowest BCUT2D eigenvalue weighted by atomic mass is 10.2. The summed E-state index contributed by atoms with van der Waals surface area (Å²) < 4.78 is 46.9. The summed E-state index contributed by atoms with van der Waals surface area (Å²) in [4.78, 5) is 18.7. The number of hydrogen-bond donors (Lipinski definition) is 0. The highest BCUT2D eigenvalue weighted by Crippen LogP contribution is 2.30. The van der Waals surface area contributed by atoms with Gasteiger partial charge in [-0.2, -0.15) is 13.2 Å². The van der Waals surface area contributed by atoms with E-state index in [1.54, 1.807) is 0 Å². The molecule has 0 aliphatic rings. The Morgan fingerprint density at radius 1 is 1.10 bits per heavy atom. The number of esters is 1. The third-order valence-corrected chi connectivity index (χ3v) is 2.43. The fourth-order valence-electron chi connectivity index (χ4n) is 1.41. The Hall–Kier alpha value is -2.64. The summed E-state index contributed by atoms with van der Waals surface area (Å²) in [6.45, 7) is 0. The number of carbonyl (C=O) groups is 1. The molecule has 2 rings (SSSR count). The molecule has 1 aromatic carbocycles. The van der Waals surface area contributed by atoms with E-state index < -0.39 is 17.7 Å². The standard InChI is InChI=1S/C13H9F3N2O3/c1-20-12(19)10-6-18-11(7-17-10)21-9-4-2-8(3-5-9)13(14,15)16/h2-7H,1H3. The van der Waals surface area contributed by atoms with E-state index in [1.165, 1.54) is 25.4 Å². The van der Waals surface area contributed by atoms with Gasteiger partial charge >= 0.3 is 12.1 Å². The molecule has 0 radical (unpaired) electrons. The average molecular weight is 298 g/mol. The van der Waals surface area contributed by atoms with Gasteiger partial charge in [-0.3, -0.25) is 0 Å². The molecule has 0 bridgehead atoms. The van der Waals surface area contributed by atoms with Crippen LogP contribution in [0.3, 0.4) is 0 Å². The maximum Gasteiger partial charge on any atom is 0.416 e. The van der Waals surface area contributed by atoms with Gasteiger partial charge in [0.2, 0.25) is 5.88 Å². The van der Waals surface area contributed by atoms with Crippen molar-refractivity contribution in [3.05, 3.63) is 47.9 Å². The molecule has 21 heavy (non-hydrogen) atoms. The highest BCUT2D eigenvalue weighted by atomic mass is 19.4. The largest absolute Gasteiger partial charge is 0.464 e. The maximum absolute atomic E-state index is 12.4. The number of rotatable bonds is 3. The minimum atomic E-state index is -4.40. The second-order valence-electron chi connectivity index (χ2n) is 3.86. The van der Waals surface area contributed by atoms with Crippen LogP contribution in [0.5, 0.6) is 11.6 Å². The maximum atomic E-state index is 12.4. The first-order valence-corrected chi connectivity index (χ1v) is 5.65. The number of alkyl halides is 3. The Kier molecular flexibility index (Phi) is 4.06. The number of benzene rings is 1. The smallest absolute Gasteiger partial charge is 0.416 e. The Morgan fingerprint density at radius 3 is 2.24 bits per heavy atom. The minimum Gasteiger partial charge on any atom is -0.464 e. The minimum absolute atomic E-state index is 0.00253. The molecule has 1 heterocycles. The van der Waals surface area contributed by atoms with Gasteiger partial charge in [-0.05, 0) is 24.3 Å². The van der Waals surface area contributed by atoms with Crippen molar-refractivity contribution < 1.29 is 27.4 Å². The molecule has 0 saturated heterocycles. The summed E-state index contributed by atoms with van der Waals surface area (Å²) in [6.07, 6.45) is -2.09. The average Bonchev–Trinajstić information content (AvgIpc) is 2.47. The van der Waals surface area contributed by atoms with Crippen LogP contribution >= 0.6 is 0 Å². The Bertz CT molecular complexity index is 625. The van der Waals surface area contributed by atoms with Crippen molar-refractivity contribution >= 4 is 5.97 Å². The van der Waals surface area contributed by atoms with Gasteiger partial charge in [0.15, 0.2) is 5.69 Å². The van der Waals surface area contributed by atoms with Crippen molar-refractivity contribution in [2.75, 3.05) is 7.11 Å². The summed E-state index contributed by atoms with van der Waals surface area (Å²) >= 11 is 0. The number of hydrogen-bond acceptors (Lipinski definition) is 5. The predicted molar refractivity (Wildman–Crippen MR) is 64.9 cm³/mol. The number of ether oxygens (including phenoxy) is 2. The third-order valence-electron chi connectivity index (χ3n) is 2.43. The van der Waals surface area contributed by atoms with Gasteiger partial charge in [-0.25, -0.2) is 14.8 Å². The highest BCUT2D eigenvalue weighted by Gasteiger charge is 2.30. The van der Waals surface area contributed by atoms with Gasteiger partial charge in [0.05, 0.1) is 25.1 Å². The van der Waals surface area contributed by atoms with E-state index in [0.29, 0.717) is 0 Å². The first kappa shape index (κ1) is 14.8. The van der Waals surface area contributed by atoms with Crippen LogP contribution in [0.15, 0.2) is 36.7 Å². The van der Waals surface area contributed by atoms with Crippen molar-refractivity contribution in [1.29, 1.82) is 0 Å². The van der Waals surface area contributed by atoms with Crippen LogP contribution in [0.2, 0.25) is 0 Å². The number of methoxy groups -OCH3 is 1. The van der Waals surface area contributed by atoms with Crippen LogP contribution in [-0.2, 0) is 10.9 Å². The molecule has 0 atom stereocenters. The van der Waals surface area contributed by atoms with E-state index in [4.69, 9.17) is 4.74 Å². The summed E-state index contributed by atoms with van der Waals surface area (Å²) in [5, 5.41) is 0. The van der Waals surface area contributed by atoms with Crippen molar-refractivity contribution in [3.63, 3.8) is 0 Å².